The van der Waals surface area contributed by atoms with Gasteiger partial charge in [-0.1, -0.05) is 13.8 Å². The average molecular weight is 290 g/mol. The van der Waals surface area contributed by atoms with Gasteiger partial charge in [-0.05, 0) is 27.9 Å². The summed E-state index contributed by atoms with van der Waals surface area (Å²) >= 11 is 4.82. The molecule has 82 valence electrons. The molecule has 1 aromatic rings. The molecule has 0 aliphatic heterocycles. The Hall–Kier alpha value is -0.680. The highest BCUT2D eigenvalue weighted by Crippen LogP contribution is 2.23. The maximum absolute atomic E-state index is 10.8. The Kier molecular flexibility index (Phi) is 4.47. The highest BCUT2D eigenvalue weighted by atomic mass is 79.9. The number of halogens is 1. The maximum Gasteiger partial charge on any atom is 0.247 e. The van der Waals surface area contributed by atoms with E-state index in [0.717, 1.165) is 9.35 Å². The highest BCUT2D eigenvalue weighted by Gasteiger charge is 2.13. The van der Waals surface area contributed by atoms with Crippen LogP contribution in [0.15, 0.2) is 21.6 Å². The molecule has 1 heterocycles. The van der Waals surface area contributed by atoms with Crippen LogP contribution in [0.25, 0.3) is 6.08 Å². The quantitative estimate of drug-likeness (QED) is 0.617. The van der Waals surface area contributed by atoms with Crippen LogP contribution in [0.1, 0.15) is 25.1 Å². The van der Waals surface area contributed by atoms with Gasteiger partial charge in [-0.15, -0.1) is 11.3 Å². The van der Waals surface area contributed by atoms with E-state index in [1.54, 1.807) is 6.08 Å². The SMILES string of the molecule is CC(C)CC(=Cc1cc(Br)cs1)[N+](=O)[O-]. The van der Waals surface area contributed by atoms with Gasteiger partial charge in [-0.3, -0.25) is 10.1 Å². The van der Waals surface area contributed by atoms with Crippen LogP contribution >= 0.6 is 27.3 Å². The fourth-order valence-corrected chi connectivity index (χ4v) is 2.57. The van der Waals surface area contributed by atoms with E-state index < -0.39 is 0 Å². The summed E-state index contributed by atoms with van der Waals surface area (Å²) in [4.78, 5) is 11.4. The van der Waals surface area contributed by atoms with Gasteiger partial charge in [-0.2, -0.15) is 0 Å². The van der Waals surface area contributed by atoms with E-state index in [9.17, 15) is 10.1 Å². The molecule has 0 N–H and O–H groups in total. The van der Waals surface area contributed by atoms with Crippen molar-refractivity contribution in [3.05, 3.63) is 36.6 Å². The molecule has 1 aromatic heterocycles. The minimum Gasteiger partial charge on any atom is -0.259 e. The van der Waals surface area contributed by atoms with E-state index >= 15 is 0 Å². The molecular weight excluding hydrogens is 278 g/mol. The Balaban J connectivity index is 2.88. The van der Waals surface area contributed by atoms with Crippen LogP contribution in [0, 0.1) is 16.0 Å². The summed E-state index contributed by atoms with van der Waals surface area (Å²) in [5.41, 5.74) is 0.277. The minimum atomic E-state index is -0.298. The number of thiophene rings is 1. The van der Waals surface area contributed by atoms with E-state index in [-0.39, 0.29) is 10.6 Å². The number of hydrogen-bond donors (Lipinski definition) is 0. The van der Waals surface area contributed by atoms with Crippen molar-refractivity contribution in [2.24, 2.45) is 5.92 Å². The van der Waals surface area contributed by atoms with Crippen LogP contribution in [-0.2, 0) is 0 Å². The number of hydrogen-bond acceptors (Lipinski definition) is 3. The molecule has 3 nitrogen and oxygen atoms in total. The molecule has 0 aromatic carbocycles. The third-order valence-electron chi connectivity index (χ3n) is 1.75. The lowest BCUT2D eigenvalue weighted by molar-refractivity contribution is -0.427. The first-order valence-corrected chi connectivity index (χ1v) is 6.25. The first kappa shape index (κ1) is 12.4. The van der Waals surface area contributed by atoms with Crippen molar-refractivity contribution in [1.82, 2.24) is 0 Å². The summed E-state index contributed by atoms with van der Waals surface area (Å²) in [5.74, 6) is 0.296. The van der Waals surface area contributed by atoms with Gasteiger partial charge in [-0.25, -0.2) is 0 Å². The number of nitrogens with zero attached hydrogens (tertiary/aromatic N) is 1. The van der Waals surface area contributed by atoms with Crippen LogP contribution < -0.4 is 0 Å². The van der Waals surface area contributed by atoms with Crippen molar-refractivity contribution in [3.63, 3.8) is 0 Å². The topological polar surface area (TPSA) is 43.1 Å². The Labute approximate surface area is 101 Å². The summed E-state index contributed by atoms with van der Waals surface area (Å²) in [6.07, 6.45) is 2.15. The second-order valence-electron chi connectivity index (χ2n) is 3.66. The van der Waals surface area contributed by atoms with E-state index in [1.807, 2.05) is 25.3 Å². The zero-order valence-corrected chi connectivity index (χ0v) is 11.0. The summed E-state index contributed by atoms with van der Waals surface area (Å²) in [6, 6.07) is 1.88. The van der Waals surface area contributed by atoms with Gasteiger partial charge in [0.1, 0.15) is 0 Å². The van der Waals surface area contributed by atoms with Crippen LogP contribution in [0.2, 0.25) is 0 Å². The van der Waals surface area contributed by atoms with E-state index in [0.29, 0.717) is 12.3 Å². The fourth-order valence-electron chi connectivity index (χ4n) is 1.17. The number of rotatable bonds is 4. The summed E-state index contributed by atoms with van der Waals surface area (Å²) in [7, 11) is 0. The van der Waals surface area contributed by atoms with Gasteiger partial charge in [0.2, 0.25) is 5.70 Å². The van der Waals surface area contributed by atoms with Crippen LogP contribution in [0.4, 0.5) is 0 Å². The van der Waals surface area contributed by atoms with Crippen LogP contribution in [0.3, 0.4) is 0 Å². The Morgan fingerprint density at radius 3 is 2.80 bits per heavy atom. The van der Waals surface area contributed by atoms with Crippen molar-refractivity contribution >= 4 is 33.3 Å². The molecule has 0 atom stereocenters. The van der Waals surface area contributed by atoms with Gasteiger partial charge in [0.25, 0.3) is 0 Å². The summed E-state index contributed by atoms with van der Waals surface area (Å²) in [5, 5.41) is 12.7. The minimum absolute atomic E-state index is 0.277. The smallest absolute Gasteiger partial charge is 0.247 e. The normalized spacial score (nSPS) is 12.1. The molecule has 0 fully saturated rings. The molecule has 1 rings (SSSR count). The zero-order valence-electron chi connectivity index (χ0n) is 8.57. The predicted molar refractivity (Wildman–Crippen MR) is 66.4 cm³/mol. The maximum atomic E-state index is 10.8. The van der Waals surface area contributed by atoms with E-state index in [1.165, 1.54) is 11.3 Å². The largest absolute Gasteiger partial charge is 0.259 e. The van der Waals surface area contributed by atoms with Crippen molar-refractivity contribution < 1.29 is 4.92 Å². The average Bonchev–Trinajstić information content (AvgIpc) is 2.49. The van der Waals surface area contributed by atoms with E-state index in [4.69, 9.17) is 0 Å². The molecule has 0 aliphatic carbocycles. The van der Waals surface area contributed by atoms with Gasteiger partial charge < -0.3 is 0 Å². The first-order valence-electron chi connectivity index (χ1n) is 4.58. The van der Waals surface area contributed by atoms with Crippen molar-refractivity contribution in [2.45, 2.75) is 20.3 Å². The molecule has 0 aliphatic rings. The van der Waals surface area contributed by atoms with Gasteiger partial charge in [0.15, 0.2) is 0 Å². The predicted octanol–water partition coefficient (Wildman–Crippen LogP) is 4.17. The second kappa shape index (κ2) is 5.42. The lowest BCUT2D eigenvalue weighted by Crippen LogP contribution is -2.01. The lowest BCUT2D eigenvalue weighted by atomic mass is 10.1. The first-order chi connectivity index (χ1) is 6.99. The van der Waals surface area contributed by atoms with Crippen molar-refractivity contribution in [2.75, 3.05) is 0 Å². The molecule has 0 radical (unpaired) electrons. The fraction of sp³-hybridized carbons (Fsp3) is 0.400. The summed E-state index contributed by atoms with van der Waals surface area (Å²) < 4.78 is 0.964. The lowest BCUT2D eigenvalue weighted by Gasteiger charge is -2.01. The molecule has 15 heavy (non-hydrogen) atoms. The van der Waals surface area contributed by atoms with Crippen molar-refractivity contribution in [1.29, 1.82) is 0 Å². The third kappa shape index (κ3) is 4.13. The van der Waals surface area contributed by atoms with Gasteiger partial charge >= 0.3 is 0 Å². The van der Waals surface area contributed by atoms with Gasteiger partial charge in [0.05, 0.1) is 4.92 Å². The summed E-state index contributed by atoms with van der Waals surface area (Å²) in [6.45, 7) is 3.95. The Morgan fingerprint density at radius 1 is 1.73 bits per heavy atom. The monoisotopic (exact) mass is 289 g/mol. The van der Waals surface area contributed by atoms with Crippen LogP contribution in [-0.4, -0.2) is 4.92 Å². The molecule has 0 unspecified atom stereocenters. The number of allylic oxidation sites excluding steroid dienone is 1. The van der Waals surface area contributed by atoms with Crippen LogP contribution in [0.5, 0.6) is 0 Å². The molecule has 0 saturated carbocycles. The Morgan fingerprint density at radius 2 is 2.40 bits per heavy atom. The zero-order chi connectivity index (χ0) is 11.4. The molecule has 0 saturated heterocycles. The molecule has 0 spiro atoms. The van der Waals surface area contributed by atoms with Gasteiger partial charge in [0, 0.05) is 27.2 Å². The molecular formula is C10H12BrNO2S. The van der Waals surface area contributed by atoms with Crippen molar-refractivity contribution in [3.8, 4) is 0 Å². The molecule has 0 amide bonds. The third-order valence-corrected chi connectivity index (χ3v) is 3.39. The van der Waals surface area contributed by atoms with E-state index in [2.05, 4.69) is 15.9 Å². The standard InChI is InChI=1S/C10H12BrNO2S/c1-7(2)3-9(12(13)14)5-10-4-8(11)6-15-10/h4-7H,3H2,1-2H3. The molecule has 5 heteroatoms. The highest BCUT2D eigenvalue weighted by molar-refractivity contribution is 9.10. The Bertz CT molecular complexity index is 385. The number of nitro groups is 1. The molecule has 0 bridgehead atoms. The second-order valence-corrected chi connectivity index (χ2v) is 5.52.